The van der Waals surface area contributed by atoms with E-state index in [1.54, 1.807) is 31.0 Å². The number of aryl methyl sites for hydroxylation is 1. The summed E-state index contributed by atoms with van der Waals surface area (Å²) in [6.45, 7) is -0.613. The maximum Gasteiger partial charge on any atom is 0.511 e. The maximum absolute atomic E-state index is 14.2. The predicted molar refractivity (Wildman–Crippen MR) is 184 cm³/mol. The van der Waals surface area contributed by atoms with Crippen LogP contribution in [0.25, 0.3) is 21.7 Å². The highest BCUT2D eigenvalue weighted by Crippen LogP contribution is 2.38. The molecule has 1 N–H and O–H groups in total. The van der Waals surface area contributed by atoms with Gasteiger partial charge in [0.05, 0.1) is 31.4 Å². The third kappa shape index (κ3) is 8.12. The number of hydrogen-bond acceptors (Lipinski definition) is 7. The van der Waals surface area contributed by atoms with Crippen LogP contribution in [0.1, 0.15) is 28.0 Å². The molecule has 260 valence electrons. The molecule has 0 atom stereocenters. The van der Waals surface area contributed by atoms with Crippen molar-refractivity contribution in [3.63, 3.8) is 0 Å². The van der Waals surface area contributed by atoms with Gasteiger partial charge in [-0.05, 0) is 87.9 Å². The van der Waals surface area contributed by atoms with Gasteiger partial charge in [-0.15, -0.1) is 11.8 Å². The summed E-state index contributed by atoms with van der Waals surface area (Å²) >= 11 is 11.2. The number of ether oxygens (including phenoxy) is 3. The molecular weight excluding hydrogens is 776 g/mol. The van der Waals surface area contributed by atoms with Crippen molar-refractivity contribution < 1.29 is 45.0 Å². The van der Waals surface area contributed by atoms with E-state index in [1.165, 1.54) is 27.5 Å². The highest BCUT2D eigenvalue weighted by molar-refractivity contribution is 9.10. The zero-order valence-electron chi connectivity index (χ0n) is 25.9. The maximum atomic E-state index is 14.2. The number of thioether (sulfide) groups is 1. The number of nitrogens with zero attached hydrogens (tertiary/aromatic N) is 1. The molecule has 0 fully saturated rings. The van der Waals surface area contributed by atoms with Gasteiger partial charge in [0.25, 0.3) is 0 Å². The molecule has 0 saturated carbocycles. The molecule has 0 saturated heterocycles. The zero-order chi connectivity index (χ0) is 35.5. The summed E-state index contributed by atoms with van der Waals surface area (Å²) in [7, 11) is -3.04. The van der Waals surface area contributed by atoms with Crippen molar-refractivity contribution in [1.29, 1.82) is 0 Å². The Labute approximate surface area is 296 Å². The Balaban J connectivity index is 1.41. The van der Waals surface area contributed by atoms with Crippen molar-refractivity contribution in [2.45, 2.75) is 35.7 Å². The number of nitrogens with one attached hydrogen (secondary N) is 1. The van der Waals surface area contributed by atoms with E-state index in [2.05, 4.69) is 15.9 Å². The number of aromatic nitrogens is 1. The number of sulfonamides is 1. The molecule has 1 aromatic heterocycles. The van der Waals surface area contributed by atoms with E-state index in [-0.39, 0.29) is 39.3 Å². The van der Waals surface area contributed by atoms with E-state index in [9.17, 15) is 30.8 Å². The molecule has 0 unspecified atom stereocenters. The number of methoxy groups -OCH3 is 2. The lowest BCUT2D eigenvalue weighted by Gasteiger charge is -2.14. The second kappa shape index (κ2) is 15.2. The van der Waals surface area contributed by atoms with Gasteiger partial charge in [0.2, 0.25) is 0 Å². The second-order valence-corrected chi connectivity index (χ2v) is 14.6. The average Bonchev–Trinajstić information content (AvgIpc) is 3.39. The van der Waals surface area contributed by atoms with Crippen molar-refractivity contribution in [3.05, 3.63) is 98.9 Å². The van der Waals surface area contributed by atoms with E-state index >= 15 is 0 Å². The third-order valence-electron chi connectivity index (χ3n) is 7.54. The number of carbonyl (C=O) groups is 1. The summed E-state index contributed by atoms with van der Waals surface area (Å²) in [5.41, 5.74) is -4.31. The van der Waals surface area contributed by atoms with Crippen molar-refractivity contribution >= 4 is 77.0 Å². The number of esters is 1. The SMILES string of the molecule is COC(=O)c1c(CNS(=O)(=O)C(F)(F)F)c2c(Br)c(Cl)ccc2n1CCCOc1cc(SCc2ccc(OC)cc2)cc2cc(F)ccc12. The molecule has 49 heavy (non-hydrogen) atoms. The van der Waals surface area contributed by atoms with E-state index in [0.717, 1.165) is 23.3 Å². The fraction of sp³-hybridized carbons (Fsp3) is 0.242. The van der Waals surface area contributed by atoms with Crippen LogP contribution in [0.2, 0.25) is 5.02 Å². The van der Waals surface area contributed by atoms with Gasteiger partial charge in [0, 0.05) is 44.5 Å². The second-order valence-electron chi connectivity index (χ2n) is 10.6. The Morgan fingerprint density at radius 1 is 1.04 bits per heavy atom. The van der Waals surface area contributed by atoms with Crippen LogP contribution in [-0.2, 0) is 33.6 Å². The Hall–Kier alpha value is -3.50. The van der Waals surface area contributed by atoms with Crippen LogP contribution in [-0.4, -0.2) is 45.3 Å². The van der Waals surface area contributed by atoms with Crippen molar-refractivity contribution in [1.82, 2.24) is 9.29 Å². The van der Waals surface area contributed by atoms with Crippen LogP contribution in [0.4, 0.5) is 17.6 Å². The van der Waals surface area contributed by atoms with E-state index in [0.29, 0.717) is 34.2 Å². The fourth-order valence-electron chi connectivity index (χ4n) is 5.21. The summed E-state index contributed by atoms with van der Waals surface area (Å²) in [6, 6.07) is 18.9. The van der Waals surface area contributed by atoms with E-state index in [1.807, 2.05) is 36.4 Å². The highest BCUT2D eigenvalue weighted by Gasteiger charge is 2.46. The minimum atomic E-state index is -5.74. The lowest BCUT2D eigenvalue weighted by molar-refractivity contribution is -0.0448. The molecule has 0 aliphatic carbocycles. The standard InChI is InChI=1S/C33H28BrClF4N2O6S2/c1-45-22-7-4-19(5-8-22)18-48-23-15-20-14-21(36)6-9-24(20)28(16-23)47-13-3-12-41-27-11-10-26(35)30(34)29(27)25(31(41)32(42)46-2)17-40-49(43,44)33(37,38)39/h4-11,14-16,40H,3,12-13,17-18H2,1-2H3. The number of fused-ring (bicyclic) bond motifs is 2. The van der Waals surface area contributed by atoms with Gasteiger partial charge >= 0.3 is 21.5 Å². The van der Waals surface area contributed by atoms with Gasteiger partial charge in [-0.25, -0.2) is 22.3 Å². The van der Waals surface area contributed by atoms with Gasteiger partial charge in [0.15, 0.2) is 0 Å². The number of halogens is 6. The number of rotatable bonds is 13. The minimum Gasteiger partial charge on any atom is -0.497 e. The molecule has 4 aromatic carbocycles. The van der Waals surface area contributed by atoms with Gasteiger partial charge in [-0.3, -0.25) is 0 Å². The van der Waals surface area contributed by atoms with Crippen LogP contribution in [0.15, 0.2) is 76.1 Å². The largest absolute Gasteiger partial charge is 0.511 e. The van der Waals surface area contributed by atoms with E-state index < -0.39 is 33.9 Å². The summed E-state index contributed by atoms with van der Waals surface area (Å²) < 4.78 is 97.0. The van der Waals surface area contributed by atoms with Gasteiger partial charge in [0.1, 0.15) is 23.0 Å². The first kappa shape index (κ1) is 36.8. The van der Waals surface area contributed by atoms with Crippen LogP contribution in [0, 0.1) is 5.82 Å². The molecule has 16 heteroatoms. The molecule has 0 aliphatic heterocycles. The molecule has 0 aliphatic rings. The predicted octanol–water partition coefficient (Wildman–Crippen LogP) is 8.85. The smallest absolute Gasteiger partial charge is 0.497 e. The van der Waals surface area contributed by atoms with Gasteiger partial charge in [-0.1, -0.05) is 23.7 Å². The number of hydrogen-bond donors (Lipinski definition) is 1. The van der Waals surface area contributed by atoms with Crippen LogP contribution in [0.3, 0.4) is 0 Å². The van der Waals surface area contributed by atoms with Gasteiger partial charge < -0.3 is 18.8 Å². The van der Waals surface area contributed by atoms with Crippen LogP contribution < -0.4 is 14.2 Å². The molecule has 5 aromatic rings. The summed E-state index contributed by atoms with van der Waals surface area (Å²) in [5, 5.41) is 1.77. The molecule has 0 radical (unpaired) electrons. The number of alkyl halides is 3. The molecule has 0 bridgehead atoms. The molecular formula is C33H28BrClF4N2O6S2. The lowest BCUT2D eigenvalue weighted by Crippen LogP contribution is -2.36. The number of benzene rings is 4. The van der Waals surface area contributed by atoms with Crippen LogP contribution in [0.5, 0.6) is 11.5 Å². The summed E-state index contributed by atoms with van der Waals surface area (Å²) in [6.07, 6.45) is 0.299. The molecule has 0 spiro atoms. The minimum absolute atomic E-state index is 0.0559. The summed E-state index contributed by atoms with van der Waals surface area (Å²) in [5.74, 6) is 0.608. The molecule has 8 nitrogen and oxygen atoms in total. The quantitative estimate of drug-likeness (QED) is 0.0550. The Morgan fingerprint density at radius 2 is 1.78 bits per heavy atom. The third-order valence-corrected chi connectivity index (χ3v) is 11.1. The fourth-order valence-corrected chi connectivity index (χ4v) is 7.37. The number of carbonyl (C=O) groups excluding carboxylic acids is 1. The van der Waals surface area contributed by atoms with E-state index in [4.69, 9.17) is 25.8 Å². The van der Waals surface area contributed by atoms with Crippen molar-refractivity contribution in [2.75, 3.05) is 20.8 Å². The van der Waals surface area contributed by atoms with Gasteiger partial charge in [-0.2, -0.15) is 13.2 Å². The highest BCUT2D eigenvalue weighted by atomic mass is 79.9. The first-order valence-corrected chi connectivity index (χ1v) is 18.1. The van der Waals surface area contributed by atoms with Crippen molar-refractivity contribution in [2.24, 2.45) is 0 Å². The lowest BCUT2D eigenvalue weighted by atomic mass is 10.1. The zero-order valence-corrected chi connectivity index (χ0v) is 29.8. The molecule has 5 rings (SSSR count). The Bertz CT molecular complexity index is 2130. The summed E-state index contributed by atoms with van der Waals surface area (Å²) in [4.78, 5) is 13.9. The monoisotopic (exact) mass is 802 g/mol. The van der Waals surface area contributed by atoms with Crippen molar-refractivity contribution in [3.8, 4) is 11.5 Å². The first-order chi connectivity index (χ1) is 23.2. The molecule has 0 amide bonds. The normalized spacial score (nSPS) is 12.1. The van der Waals surface area contributed by atoms with Crippen LogP contribution >= 0.6 is 39.3 Å². The molecule has 1 heterocycles. The first-order valence-electron chi connectivity index (χ1n) is 14.5. The topological polar surface area (TPSA) is 95.9 Å². The Morgan fingerprint density at radius 3 is 2.45 bits per heavy atom. The average molecular weight is 804 g/mol. The Kier molecular flexibility index (Phi) is 11.4.